The van der Waals surface area contributed by atoms with Crippen LogP contribution >= 0.6 is 0 Å². The van der Waals surface area contributed by atoms with E-state index >= 15 is 0 Å². The third kappa shape index (κ3) is 4.26. The first kappa shape index (κ1) is 15.0. The van der Waals surface area contributed by atoms with Gasteiger partial charge in [-0.15, -0.1) is 0 Å². The molecule has 3 unspecified atom stereocenters. The second-order valence-corrected chi connectivity index (χ2v) is 5.76. The Labute approximate surface area is 108 Å². The van der Waals surface area contributed by atoms with E-state index in [0.29, 0.717) is 6.04 Å². The minimum absolute atomic E-state index is 0.0778. The monoisotopic (exact) mass is 241 g/mol. The minimum Gasteiger partial charge on any atom is -0.374 e. The van der Waals surface area contributed by atoms with E-state index in [1.54, 1.807) is 0 Å². The fourth-order valence-electron chi connectivity index (χ4n) is 3.06. The van der Waals surface area contributed by atoms with Crippen molar-refractivity contribution in [1.29, 1.82) is 0 Å². The molecule has 1 aliphatic heterocycles. The quantitative estimate of drug-likeness (QED) is 0.699. The van der Waals surface area contributed by atoms with Gasteiger partial charge in [0.05, 0.1) is 5.60 Å². The highest BCUT2D eigenvalue weighted by atomic mass is 16.5. The Kier molecular flexibility index (Phi) is 6.50. The molecule has 0 aliphatic carbocycles. The molecule has 102 valence electrons. The molecular weight excluding hydrogens is 210 g/mol. The molecule has 1 aliphatic rings. The predicted molar refractivity (Wildman–Crippen MR) is 74.4 cm³/mol. The van der Waals surface area contributed by atoms with Crippen LogP contribution in [0.5, 0.6) is 0 Å². The highest BCUT2D eigenvalue weighted by molar-refractivity contribution is 4.92. The maximum Gasteiger partial charge on any atom is 0.0807 e. The van der Waals surface area contributed by atoms with Crippen LogP contribution in [0.4, 0.5) is 0 Å². The molecule has 2 nitrogen and oxygen atoms in total. The van der Waals surface area contributed by atoms with E-state index in [-0.39, 0.29) is 5.60 Å². The summed E-state index contributed by atoms with van der Waals surface area (Å²) in [7, 11) is 2.09. The Bertz CT molecular complexity index is 199. The zero-order valence-electron chi connectivity index (χ0n) is 12.2. The van der Waals surface area contributed by atoms with Gasteiger partial charge in [-0.2, -0.15) is 0 Å². The standard InChI is InChI=1S/C15H31NO/c1-5-7-9-13(6-2)12-14(16-4)15(3)10-8-11-17-15/h13-14,16H,5-12H2,1-4H3. The van der Waals surface area contributed by atoms with E-state index < -0.39 is 0 Å². The maximum absolute atomic E-state index is 5.98. The second kappa shape index (κ2) is 7.38. The molecule has 0 aromatic carbocycles. The Morgan fingerprint density at radius 3 is 2.59 bits per heavy atom. The first-order valence-corrected chi connectivity index (χ1v) is 7.47. The summed E-state index contributed by atoms with van der Waals surface area (Å²) in [5.74, 6) is 0.855. The van der Waals surface area contributed by atoms with Crippen molar-refractivity contribution >= 4 is 0 Å². The van der Waals surface area contributed by atoms with Crippen LogP contribution < -0.4 is 5.32 Å². The van der Waals surface area contributed by atoms with Gasteiger partial charge in [-0.3, -0.25) is 0 Å². The van der Waals surface area contributed by atoms with Crippen molar-refractivity contribution in [2.45, 2.75) is 77.4 Å². The lowest BCUT2D eigenvalue weighted by Gasteiger charge is -2.35. The van der Waals surface area contributed by atoms with Crippen molar-refractivity contribution in [1.82, 2.24) is 5.32 Å². The molecule has 3 atom stereocenters. The number of unbranched alkanes of at least 4 members (excludes halogenated alkanes) is 1. The minimum atomic E-state index is 0.0778. The summed E-state index contributed by atoms with van der Waals surface area (Å²) in [6.45, 7) is 7.84. The normalized spacial score (nSPS) is 28.2. The highest BCUT2D eigenvalue weighted by Crippen LogP contribution is 2.33. The summed E-state index contributed by atoms with van der Waals surface area (Å²) >= 11 is 0. The summed E-state index contributed by atoms with van der Waals surface area (Å²) in [6, 6.07) is 0.520. The summed E-state index contributed by atoms with van der Waals surface area (Å²) in [5, 5.41) is 3.50. The lowest BCUT2D eigenvalue weighted by Crippen LogP contribution is -2.48. The van der Waals surface area contributed by atoms with Gasteiger partial charge in [0.25, 0.3) is 0 Å². The van der Waals surface area contributed by atoms with Crippen LogP contribution in [-0.2, 0) is 4.74 Å². The van der Waals surface area contributed by atoms with Gasteiger partial charge in [-0.05, 0) is 39.2 Å². The van der Waals surface area contributed by atoms with E-state index in [1.807, 2.05) is 0 Å². The van der Waals surface area contributed by atoms with Crippen LogP contribution in [0.15, 0.2) is 0 Å². The predicted octanol–water partition coefficient (Wildman–Crippen LogP) is 3.75. The van der Waals surface area contributed by atoms with E-state index in [0.717, 1.165) is 12.5 Å². The van der Waals surface area contributed by atoms with Crippen LogP contribution in [0.1, 0.15) is 65.7 Å². The summed E-state index contributed by atoms with van der Waals surface area (Å²) < 4.78 is 5.98. The van der Waals surface area contributed by atoms with E-state index in [4.69, 9.17) is 4.74 Å². The number of rotatable bonds is 8. The first-order valence-electron chi connectivity index (χ1n) is 7.47. The second-order valence-electron chi connectivity index (χ2n) is 5.76. The van der Waals surface area contributed by atoms with Crippen LogP contribution in [-0.4, -0.2) is 25.3 Å². The van der Waals surface area contributed by atoms with Gasteiger partial charge in [0, 0.05) is 12.6 Å². The van der Waals surface area contributed by atoms with Crippen LogP contribution in [0.3, 0.4) is 0 Å². The van der Waals surface area contributed by atoms with Crippen molar-refractivity contribution in [3.05, 3.63) is 0 Å². The molecule has 0 radical (unpaired) electrons. The van der Waals surface area contributed by atoms with Crippen molar-refractivity contribution in [2.24, 2.45) is 5.92 Å². The average molecular weight is 241 g/mol. The van der Waals surface area contributed by atoms with Crippen LogP contribution in [0, 0.1) is 5.92 Å². The maximum atomic E-state index is 5.98. The topological polar surface area (TPSA) is 21.3 Å². The molecule has 0 spiro atoms. The summed E-state index contributed by atoms with van der Waals surface area (Å²) in [5.41, 5.74) is 0.0778. The molecule has 1 saturated heterocycles. The van der Waals surface area contributed by atoms with Gasteiger partial charge in [0.15, 0.2) is 0 Å². The Balaban J connectivity index is 2.49. The van der Waals surface area contributed by atoms with Crippen LogP contribution in [0.25, 0.3) is 0 Å². The number of nitrogens with one attached hydrogen (secondary N) is 1. The first-order chi connectivity index (χ1) is 8.16. The van der Waals surface area contributed by atoms with E-state index in [2.05, 4.69) is 33.1 Å². The Morgan fingerprint density at radius 2 is 2.12 bits per heavy atom. The van der Waals surface area contributed by atoms with E-state index in [1.165, 1.54) is 44.9 Å². The Morgan fingerprint density at radius 1 is 1.35 bits per heavy atom. The van der Waals surface area contributed by atoms with Crippen molar-refractivity contribution < 1.29 is 4.74 Å². The molecule has 0 bridgehead atoms. The summed E-state index contributed by atoms with van der Waals surface area (Å²) in [4.78, 5) is 0. The summed E-state index contributed by atoms with van der Waals surface area (Å²) in [6.07, 6.45) is 9.06. The third-order valence-electron chi connectivity index (χ3n) is 4.45. The molecule has 2 heteroatoms. The molecule has 1 N–H and O–H groups in total. The van der Waals surface area contributed by atoms with Gasteiger partial charge in [0.1, 0.15) is 0 Å². The van der Waals surface area contributed by atoms with Gasteiger partial charge in [0.2, 0.25) is 0 Å². The SMILES string of the molecule is CCCCC(CC)CC(NC)C1(C)CCCO1. The lowest BCUT2D eigenvalue weighted by atomic mass is 9.83. The highest BCUT2D eigenvalue weighted by Gasteiger charge is 2.38. The fraction of sp³-hybridized carbons (Fsp3) is 1.00. The lowest BCUT2D eigenvalue weighted by molar-refractivity contribution is -0.0165. The molecular formula is C15H31NO. The van der Waals surface area contributed by atoms with Gasteiger partial charge < -0.3 is 10.1 Å². The van der Waals surface area contributed by atoms with Crippen LogP contribution in [0.2, 0.25) is 0 Å². The molecule has 0 saturated carbocycles. The zero-order chi connectivity index (χ0) is 12.7. The molecule has 1 rings (SSSR count). The van der Waals surface area contributed by atoms with Crippen molar-refractivity contribution in [3.63, 3.8) is 0 Å². The smallest absolute Gasteiger partial charge is 0.0807 e. The van der Waals surface area contributed by atoms with Gasteiger partial charge >= 0.3 is 0 Å². The number of ether oxygens (including phenoxy) is 1. The molecule has 0 aromatic heterocycles. The van der Waals surface area contributed by atoms with Gasteiger partial charge in [-0.1, -0.05) is 39.5 Å². The molecule has 1 heterocycles. The fourth-order valence-corrected chi connectivity index (χ4v) is 3.06. The molecule has 17 heavy (non-hydrogen) atoms. The Hall–Kier alpha value is -0.0800. The van der Waals surface area contributed by atoms with E-state index in [9.17, 15) is 0 Å². The zero-order valence-corrected chi connectivity index (χ0v) is 12.2. The average Bonchev–Trinajstić information content (AvgIpc) is 2.77. The van der Waals surface area contributed by atoms with Gasteiger partial charge in [-0.25, -0.2) is 0 Å². The molecule has 0 amide bonds. The molecule has 0 aromatic rings. The van der Waals surface area contributed by atoms with Crippen molar-refractivity contribution in [2.75, 3.05) is 13.7 Å². The number of likely N-dealkylation sites (N-methyl/N-ethyl adjacent to an activating group) is 1. The molecule has 1 fully saturated rings. The number of hydrogen-bond donors (Lipinski definition) is 1. The largest absolute Gasteiger partial charge is 0.374 e. The third-order valence-corrected chi connectivity index (χ3v) is 4.45. The van der Waals surface area contributed by atoms with Crippen molar-refractivity contribution in [3.8, 4) is 0 Å². The number of hydrogen-bond acceptors (Lipinski definition) is 2.